The van der Waals surface area contributed by atoms with Crippen molar-refractivity contribution in [2.45, 2.75) is 17.6 Å². The Morgan fingerprint density at radius 1 is 1.33 bits per heavy atom. The highest BCUT2D eigenvalue weighted by atomic mass is 32.2. The van der Waals surface area contributed by atoms with Crippen molar-refractivity contribution in [3.8, 4) is 0 Å². The minimum absolute atomic E-state index is 0.800. The first-order chi connectivity index (χ1) is 7.27. The fourth-order valence-corrected chi connectivity index (χ4v) is 2.23. The Balaban J connectivity index is 2.06. The zero-order chi connectivity index (χ0) is 10.7. The lowest BCUT2D eigenvalue weighted by atomic mass is 10.2. The van der Waals surface area contributed by atoms with Crippen LogP contribution in [0.3, 0.4) is 0 Å². The highest BCUT2D eigenvalue weighted by molar-refractivity contribution is 7.98. The second kappa shape index (κ2) is 4.44. The number of aryl methyl sites for hydroxylation is 2. The van der Waals surface area contributed by atoms with Gasteiger partial charge in [0.2, 0.25) is 0 Å². The second-order valence-corrected chi connectivity index (χ2v) is 4.29. The Kier molecular flexibility index (Phi) is 3.01. The SMILES string of the molecule is Cc1ccccc1SCc1nnnn1C. The van der Waals surface area contributed by atoms with Gasteiger partial charge in [0.15, 0.2) is 5.82 Å². The van der Waals surface area contributed by atoms with Crippen molar-refractivity contribution >= 4 is 11.8 Å². The van der Waals surface area contributed by atoms with E-state index in [1.807, 2.05) is 19.2 Å². The lowest BCUT2D eigenvalue weighted by molar-refractivity contribution is 0.693. The maximum absolute atomic E-state index is 3.94. The first-order valence-corrected chi connectivity index (χ1v) is 5.65. The van der Waals surface area contributed by atoms with Crippen LogP contribution in [0.4, 0.5) is 0 Å². The molecule has 78 valence electrons. The summed E-state index contributed by atoms with van der Waals surface area (Å²) < 4.78 is 1.70. The van der Waals surface area contributed by atoms with E-state index in [-0.39, 0.29) is 0 Å². The van der Waals surface area contributed by atoms with E-state index in [2.05, 4.69) is 34.6 Å². The highest BCUT2D eigenvalue weighted by Crippen LogP contribution is 2.24. The van der Waals surface area contributed by atoms with E-state index in [1.54, 1.807) is 16.4 Å². The molecule has 0 unspecified atom stereocenters. The molecule has 0 amide bonds. The number of benzene rings is 1. The maximum atomic E-state index is 3.94. The molecule has 0 saturated heterocycles. The molecule has 2 aromatic rings. The number of thioether (sulfide) groups is 1. The molecule has 0 N–H and O–H groups in total. The van der Waals surface area contributed by atoms with Gasteiger partial charge in [-0.25, -0.2) is 4.68 Å². The predicted molar refractivity (Wildman–Crippen MR) is 59.5 cm³/mol. The molecule has 1 heterocycles. The van der Waals surface area contributed by atoms with Gasteiger partial charge in [0.1, 0.15) is 0 Å². The molecule has 1 aromatic carbocycles. The molecule has 0 radical (unpaired) electrons. The fraction of sp³-hybridized carbons (Fsp3) is 0.300. The van der Waals surface area contributed by atoms with Gasteiger partial charge in [-0.2, -0.15) is 0 Å². The van der Waals surface area contributed by atoms with E-state index in [0.29, 0.717) is 0 Å². The normalized spacial score (nSPS) is 10.5. The van der Waals surface area contributed by atoms with Gasteiger partial charge in [0.25, 0.3) is 0 Å². The molecule has 0 aliphatic carbocycles. The monoisotopic (exact) mass is 220 g/mol. The van der Waals surface area contributed by atoms with Gasteiger partial charge in [-0.1, -0.05) is 18.2 Å². The molecule has 0 atom stereocenters. The van der Waals surface area contributed by atoms with E-state index in [4.69, 9.17) is 0 Å². The number of aromatic nitrogens is 4. The van der Waals surface area contributed by atoms with Crippen molar-refractivity contribution in [2.75, 3.05) is 0 Å². The van der Waals surface area contributed by atoms with Crippen LogP contribution in [0, 0.1) is 6.92 Å². The molecule has 0 fully saturated rings. The maximum Gasteiger partial charge on any atom is 0.161 e. The molecular weight excluding hydrogens is 208 g/mol. The number of tetrazole rings is 1. The van der Waals surface area contributed by atoms with Crippen LogP contribution < -0.4 is 0 Å². The minimum atomic E-state index is 0.800. The molecule has 15 heavy (non-hydrogen) atoms. The number of hydrogen-bond donors (Lipinski definition) is 0. The summed E-state index contributed by atoms with van der Waals surface area (Å²) in [6, 6.07) is 8.31. The Morgan fingerprint density at radius 3 is 2.80 bits per heavy atom. The van der Waals surface area contributed by atoms with Crippen molar-refractivity contribution in [3.63, 3.8) is 0 Å². The molecule has 0 aliphatic heterocycles. The molecule has 0 spiro atoms. The van der Waals surface area contributed by atoms with Crippen LogP contribution in [-0.4, -0.2) is 20.2 Å². The third-order valence-corrected chi connectivity index (χ3v) is 3.33. The van der Waals surface area contributed by atoms with E-state index < -0.39 is 0 Å². The van der Waals surface area contributed by atoms with E-state index in [0.717, 1.165) is 11.6 Å². The lowest BCUT2D eigenvalue weighted by Gasteiger charge is -2.03. The molecule has 4 nitrogen and oxygen atoms in total. The Hall–Kier alpha value is -1.36. The largest absolute Gasteiger partial charge is 0.232 e. The molecule has 0 bridgehead atoms. The summed E-state index contributed by atoms with van der Waals surface area (Å²) in [6.07, 6.45) is 0. The van der Waals surface area contributed by atoms with Crippen molar-refractivity contribution < 1.29 is 0 Å². The first-order valence-electron chi connectivity index (χ1n) is 4.67. The van der Waals surface area contributed by atoms with Gasteiger partial charge >= 0.3 is 0 Å². The summed E-state index contributed by atoms with van der Waals surface area (Å²) in [7, 11) is 1.85. The zero-order valence-electron chi connectivity index (χ0n) is 8.71. The molecular formula is C10H12N4S. The summed E-state index contributed by atoms with van der Waals surface area (Å²) in [5.41, 5.74) is 1.29. The van der Waals surface area contributed by atoms with E-state index in [1.165, 1.54) is 10.5 Å². The van der Waals surface area contributed by atoms with E-state index >= 15 is 0 Å². The van der Waals surface area contributed by atoms with Gasteiger partial charge in [-0.3, -0.25) is 0 Å². The van der Waals surface area contributed by atoms with Crippen LogP contribution in [-0.2, 0) is 12.8 Å². The number of hydrogen-bond acceptors (Lipinski definition) is 4. The fourth-order valence-electron chi connectivity index (χ4n) is 1.23. The second-order valence-electron chi connectivity index (χ2n) is 3.27. The summed E-state index contributed by atoms with van der Waals surface area (Å²) in [4.78, 5) is 1.28. The van der Waals surface area contributed by atoms with Gasteiger partial charge in [0.05, 0.1) is 5.75 Å². The number of nitrogens with zero attached hydrogens (tertiary/aromatic N) is 4. The van der Waals surface area contributed by atoms with Gasteiger partial charge in [0, 0.05) is 11.9 Å². The van der Waals surface area contributed by atoms with E-state index in [9.17, 15) is 0 Å². The average Bonchev–Trinajstić information content (AvgIpc) is 2.63. The van der Waals surface area contributed by atoms with Crippen molar-refractivity contribution in [1.29, 1.82) is 0 Å². The molecule has 1 aromatic heterocycles. The Morgan fingerprint density at radius 2 is 2.13 bits per heavy atom. The third kappa shape index (κ3) is 2.36. The van der Waals surface area contributed by atoms with Gasteiger partial charge in [-0.05, 0) is 29.0 Å². The van der Waals surface area contributed by atoms with Gasteiger partial charge < -0.3 is 0 Å². The van der Waals surface area contributed by atoms with Crippen molar-refractivity contribution in [1.82, 2.24) is 20.2 Å². The smallest absolute Gasteiger partial charge is 0.161 e. The quantitative estimate of drug-likeness (QED) is 0.740. The van der Waals surface area contributed by atoms with Crippen LogP contribution >= 0.6 is 11.8 Å². The van der Waals surface area contributed by atoms with Crippen molar-refractivity contribution in [3.05, 3.63) is 35.7 Å². The topological polar surface area (TPSA) is 43.6 Å². The van der Waals surface area contributed by atoms with Crippen molar-refractivity contribution in [2.24, 2.45) is 7.05 Å². The zero-order valence-corrected chi connectivity index (χ0v) is 9.53. The van der Waals surface area contributed by atoms with Crippen LogP contribution in [0.25, 0.3) is 0 Å². The first kappa shape index (κ1) is 10.2. The average molecular weight is 220 g/mol. The molecule has 5 heteroatoms. The summed E-state index contributed by atoms with van der Waals surface area (Å²) >= 11 is 1.76. The predicted octanol–water partition coefficient (Wildman–Crippen LogP) is 1.81. The molecule has 0 saturated carbocycles. The minimum Gasteiger partial charge on any atom is -0.232 e. The third-order valence-electron chi connectivity index (χ3n) is 2.16. The van der Waals surface area contributed by atoms with Crippen LogP contribution in [0.5, 0.6) is 0 Å². The standard InChI is InChI=1S/C10H12N4S/c1-8-5-3-4-6-9(8)15-7-10-11-12-13-14(10)2/h3-6H,7H2,1-2H3. The summed E-state index contributed by atoms with van der Waals surface area (Å²) in [6.45, 7) is 2.11. The molecule has 0 aliphatic rings. The Bertz CT molecular complexity index is 452. The highest BCUT2D eigenvalue weighted by Gasteiger charge is 2.04. The van der Waals surface area contributed by atoms with Crippen LogP contribution in [0.15, 0.2) is 29.2 Å². The number of rotatable bonds is 3. The lowest BCUT2D eigenvalue weighted by Crippen LogP contribution is -1.97. The van der Waals surface area contributed by atoms with Crippen LogP contribution in [0.2, 0.25) is 0 Å². The summed E-state index contributed by atoms with van der Waals surface area (Å²) in [5.74, 6) is 1.69. The van der Waals surface area contributed by atoms with Gasteiger partial charge in [-0.15, -0.1) is 16.9 Å². The molecule has 2 rings (SSSR count). The van der Waals surface area contributed by atoms with Crippen LogP contribution in [0.1, 0.15) is 11.4 Å². The Labute approximate surface area is 92.7 Å². The summed E-state index contributed by atoms with van der Waals surface area (Å²) in [5, 5.41) is 11.3.